The van der Waals surface area contributed by atoms with Crippen LogP contribution in [-0.4, -0.2) is 50.4 Å². The Morgan fingerprint density at radius 2 is 2.04 bits per heavy atom. The summed E-state index contributed by atoms with van der Waals surface area (Å²) >= 11 is 0. The average molecular weight is 486 g/mol. The molecular weight excluding hydrogens is 460 g/mol. The molecule has 0 amide bonds. The van der Waals surface area contributed by atoms with E-state index in [0.29, 0.717) is 24.0 Å². The zero-order chi connectivity index (χ0) is 18.3. The lowest BCUT2D eigenvalue weighted by atomic mass is 10.1. The van der Waals surface area contributed by atoms with Crippen LogP contribution in [0.4, 0.5) is 13.2 Å². The summed E-state index contributed by atoms with van der Waals surface area (Å²) in [5.41, 5.74) is 0.387. The number of hydrogen-bond acceptors (Lipinski definition) is 3. The molecule has 148 valence electrons. The minimum absolute atomic E-state index is 0. The van der Waals surface area contributed by atoms with Crippen LogP contribution in [0.2, 0.25) is 0 Å². The third-order valence-corrected chi connectivity index (χ3v) is 4.00. The quantitative estimate of drug-likeness (QED) is 0.369. The van der Waals surface area contributed by atoms with Crippen molar-refractivity contribution in [3.05, 3.63) is 29.8 Å². The number of rotatable bonds is 6. The highest BCUT2D eigenvalue weighted by Gasteiger charge is 2.31. The maximum atomic E-state index is 12.5. The van der Waals surface area contributed by atoms with Crippen LogP contribution in [0, 0.1) is 5.92 Å². The van der Waals surface area contributed by atoms with Crippen LogP contribution in [0.1, 0.15) is 18.9 Å². The lowest BCUT2D eigenvalue weighted by Crippen LogP contribution is -2.40. The molecule has 0 aliphatic carbocycles. The van der Waals surface area contributed by atoms with Gasteiger partial charge in [0.25, 0.3) is 0 Å². The van der Waals surface area contributed by atoms with E-state index < -0.39 is 6.36 Å². The highest BCUT2D eigenvalue weighted by Crippen LogP contribution is 2.26. The van der Waals surface area contributed by atoms with Gasteiger partial charge in [0.15, 0.2) is 5.96 Å². The molecule has 1 aliphatic heterocycles. The number of para-hydroxylation sites is 1. The van der Waals surface area contributed by atoms with Gasteiger partial charge in [0.1, 0.15) is 5.75 Å². The van der Waals surface area contributed by atoms with Crippen LogP contribution in [-0.2, 0) is 6.54 Å². The number of nitrogens with one attached hydrogen (secondary N) is 2. The second-order valence-electron chi connectivity index (χ2n) is 6.15. The molecule has 1 aromatic rings. The van der Waals surface area contributed by atoms with Gasteiger partial charge < -0.3 is 20.3 Å². The molecule has 2 N–H and O–H groups in total. The molecule has 0 spiro atoms. The molecular formula is C17H26F3IN4O. The summed E-state index contributed by atoms with van der Waals surface area (Å²) in [4.78, 5) is 6.67. The summed E-state index contributed by atoms with van der Waals surface area (Å²) in [7, 11) is 2.09. The van der Waals surface area contributed by atoms with Gasteiger partial charge in [0.05, 0.1) is 6.54 Å². The SMILES string of the molecule is CCNC(=NCc1ccccc1OC(F)(F)F)NCC1CCN(C)C1.I. The highest BCUT2D eigenvalue weighted by molar-refractivity contribution is 14.0. The molecule has 1 heterocycles. The summed E-state index contributed by atoms with van der Waals surface area (Å²) in [5, 5.41) is 6.39. The zero-order valence-corrected chi connectivity index (χ0v) is 17.3. The second-order valence-corrected chi connectivity index (χ2v) is 6.15. The maximum absolute atomic E-state index is 12.5. The Morgan fingerprint density at radius 1 is 1.31 bits per heavy atom. The zero-order valence-electron chi connectivity index (χ0n) is 15.0. The van der Waals surface area contributed by atoms with Gasteiger partial charge in [-0.2, -0.15) is 0 Å². The van der Waals surface area contributed by atoms with E-state index in [4.69, 9.17) is 0 Å². The van der Waals surface area contributed by atoms with Crippen LogP contribution in [0.3, 0.4) is 0 Å². The summed E-state index contributed by atoms with van der Waals surface area (Å²) in [6.45, 7) is 5.64. The van der Waals surface area contributed by atoms with Crippen LogP contribution in [0.25, 0.3) is 0 Å². The number of nitrogens with zero attached hydrogens (tertiary/aromatic N) is 2. The van der Waals surface area contributed by atoms with E-state index in [1.165, 1.54) is 12.1 Å². The molecule has 0 saturated carbocycles. The molecule has 9 heteroatoms. The fourth-order valence-electron chi connectivity index (χ4n) is 2.80. The van der Waals surface area contributed by atoms with Crippen molar-refractivity contribution in [3.8, 4) is 5.75 Å². The minimum atomic E-state index is -4.71. The Morgan fingerprint density at radius 3 is 2.65 bits per heavy atom. The van der Waals surface area contributed by atoms with E-state index in [1.807, 2.05) is 6.92 Å². The van der Waals surface area contributed by atoms with E-state index in [-0.39, 0.29) is 36.3 Å². The number of halogens is 4. The van der Waals surface area contributed by atoms with Gasteiger partial charge in [-0.15, -0.1) is 37.1 Å². The molecule has 1 fully saturated rings. The van der Waals surface area contributed by atoms with E-state index >= 15 is 0 Å². The van der Waals surface area contributed by atoms with Crippen molar-refractivity contribution < 1.29 is 17.9 Å². The molecule has 1 saturated heterocycles. The third kappa shape index (κ3) is 7.98. The van der Waals surface area contributed by atoms with Crippen LogP contribution in [0.5, 0.6) is 5.75 Å². The Kier molecular flexibility index (Phi) is 9.48. The molecule has 26 heavy (non-hydrogen) atoms. The predicted octanol–water partition coefficient (Wildman–Crippen LogP) is 3.21. The molecule has 0 bridgehead atoms. The van der Waals surface area contributed by atoms with Crippen molar-refractivity contribution in [2.75, 3.05) is 33.2 Å². The normalized spacial score (nSPS) is 18.3. The lowest BCUT2D eigenvalue weighted by Gasteiger charge is -2.16. The van der Waals surface area contributed by atoms with Gasteiger partial charge >= 0.3 is 6.36 Å². The summed E-state index contributed by atoms with van der Waals surface area (Å²) in [6.07, 6.45) is -3.58. The van der Waals surface area contributed by atoms with Crippen LogP contribution in [0.15, 0.2) is 29.3 Å². The smallest absolute Gasteiger partial charge is 0.405 e. The van der Waals surface area contributed by atoms with Gasteiger partial charge in [-0.3, -0.25) is 0 Å². The topological polar surface area (TPSA) is 48.9 Å². The van der Waals surface area contributed by atoms with E-state index in [0.717, 1.165) is 26.1 Å². The summed E-state index contributed by atoms with van der Waals surface area (Å²) < 4.78 is 41.5. The third-order valence-electron chi connectivity index (χ3n) is 4.00. The first kappa shape index (κ1) is 22.8. The first-order chi connectivity index (χ1) is 11.9. The van der Waals surface area contributed by atoms with Gasteiger partial charge in [-0.25, -0.2) is 4.99 Å². The molecule has 5 nitrogen and oxygen atoms in total. The second kappa shape index (κ2) is 10.8. The van der Waals surface area contributed by atoms with Crippen molar-refractivity contribution in [3.63, 3.8) is 0 Å². The fourth-order valence-corrected chi connectivity index (χ4v) is 2.80. The molecule has 0 aromatic heterocycles. The minimum Gasteiger partial charge on any atom is -0.405 e. The van der Waals surface area contributed by atoms with Crippen molar-refractivity contribution >= 4 is 29.9 Å². The van der Waals surface area contributed by atoms with Crippen LogP contribution >= 0.6 is 24.0 Å². The van der Waals surface area contributed by atoms with E-state index in [2.05, 4.69) is 32.3 Å². The number of likely N-dealkylation sites (tertiary alicyclic amines) is 1. The van der Waals surface area contributed by atoms with Gasteiger partial charge in [0, 0.05) is 25.2 Å². The lowest BCUT2D eigenvalue weighted by molar-refractivity contribution is -0.274. The van der Waals surface area contributed by atoms with Crippen LogP contribution < -0.4 is 15.4 Å². The number of guanidine groups is 1. The average Bonchev–Trinajstić information content (AvgIpc) is 2.95. The molecule has 0 radical (unpaired) electrons. The number of benzene rings is 1. The Hall–Kier alpha value is -1.23. The first-order valence-electron chi connectivity index (χ1n) is 8.41. The first-order valence-corrected chi connectivity index (χ1v) is 8.41. The van der Waals surface area contributed by atoms with Gasteiger partial charge in [-0.1, -0.05) is 18.2 Å². The van der Waals surface area contributed by atoms with Crippen molar-refractivity contribution in [2.45, 2.75) is 26.3 Å². The maximum Gasteiger partial charge on any atom is 0.573 e. The van der Waals surface area contributed by atoms with Gasteiger partial charge in [0.2, 0.25) is 0 Å². The molecule has 2 rings (SSSR count). The number of ether oxygens (including phenoxy) is 1. The predicted molar refractivity (Wildman–Crippen MR) is 107 cm³/mol. The number of hydrogen-bond donors (Lipinski definition) is 2. The van der Waals surface area contributed by atoms with Crippen molar-refractivity contribution in [1.82, 2.24) is 15.5 Å². The Labute approximate surface area is 169 Å². The van der Waals surface area contributed by atoms with E-state index in [1.54, 1.807) is 12.1 Å². The molecule has 1 aliphatic rings. The molecule has 1 unspecified atom stereocenters. The van der Waals surface area contributed by atoms with Crippen molar-refractivity contribution in [1.29, 1.82) is 0 Å². The Balaban J connectivity index is 0.00000338. The van der Waals surface area contributed by atoms with Crippen molar-refractivity contribution in [2.24, 2.45) is 10.9 Å². The number of alkyl halides is 3. The van der Waals surface area contributed by atoms with Gasteiger partial charge in [-0.05, 0) is 38.9 Å². The summed E-state index contributed by atoms with van der Waals surface area (Å²) in [5.74, 6) is 0.931. The fraction of sp³-hybridized carbons (Fsp3) is 0.588. The molecule has 1 aromatic carbocycles. The summed E-state index contributed by atoms with van der Waals surface area (Å²) in [6, 6.07) is 6.06. The van der Waals surface area contributed by atoms with E-state index in [9.17, 15) is 13.2 Å². The molecule has 1 atom stereocenters. The monoisotopic (exact) mass is 486 g/mol. The Bertz CT molecular complexity index is 583. The highest BCUT2D eigenvalue weighted by atomic mass is 127. The largest absolute Gasteiger partial charge is 0.573 e. The number of aliphatic imine (C=N–C) groups is 1. The standard InChI is InChI=1S/C17H25F3N4O.HI/c1-3-21-16(22-10-13-8-9-24(2)12-13)23-11-14-6-4-5-7-15(14)25-17(18,19)20;/h4-7,13H,3,8-12H2,1-2H3,(H2,21,22,23);1H.